The van der Waals surface area contributed by atoms with Crippen molar-refractivity contribution in [2.75, 3.05) is 0 Å². The molecule has 0 aliphatic heterocycles. The van der Waals surface area contributed by atoms with E-state index in [4.69, 9.17) is 11.6 Å². The zero-order valence-electron chi connectivity index (χ0n) is 12.0. The summed E-state index contributed by atoms with van der Waals surface area (Å²) in [7, 11) is 0. The van der Waals surface area contributed by atoms with Gasteiger partial charge in [0, 0.05) is 17.4 Å². The molecule has 102 valence electrons. The van der Waals surface area contributed by atoms with Gasteiger partial charge in [0.15, 0.2) is 5.78 Å². The van der Waals surface area contributed by atoms with Gasteiger partial charge in [0.25, 0.3) is 0 Å². The quantitative estimate of drug-likeness (QED) is 0.742. The van der Waals surface area contributed by atoms with Crippen molar-refractivity contribution in [1.82, 2.24) is 4.57 Å². The van der Waals surface area contributed by atoms with E-state index in [0.717, 1.165) is 23.9 Å². The lowest BCUT2D eigenvalue weighted by Gasteiger charge is -2.10. The van der Waals surface area contributed by atoms with Gasteiger partial charge in [-0.2, -0.15) is 0 Å². The second-order valence-electron chi connectivity index (χ2n) is 5.43. The third-order valence-electron chi connectivity index (χ3n) is 3.37. The zero-order chi connectivity index (χ0) is 14.2. The molecule has 0 atom stereocenters. The molecule has 0 aliphatic carbocycles. The average Bonchev–Trinajstić information content (AvgIpc) is 2.61. The number of Topliss-reactive ketones (excluding diaryl/α,β-unsaturated/α-hetero) is 1. The van der Waals surface area contributed by atoms with Gasteiger partial charge in [-0.3, -0.25) is 4.79 Å². The van der Waals surface area contributed by atoms with E-state index in [1.807, 2.05) is 0 Å². The molecule has 0 bridgehead atoms. The molecule has 2 aromatic rings. The molecule has 0 spiro atoms. The summed E-state index contributed by atoms with van der Waals surface area (Å²) < 4.78 is 2.05. The number of carbonyl (C=O) groups excluding carboxylic acids is 1. The lowest BCUT2D eigenvalue weighted by atomic mass is 10.1. The fourth-order valence-electron chi connectivity index (χ4n) is 2.47. The van der Waals surface area contributed by atoms with Gasteiger partial charge in [0.2, 0.25) is 0 Å². The molecule has 1 aromatic carbocycles. The fraction of sp³-hybridized carbons (Fsp3) is 0.438. The third-order valence-corrected chi connectivity index (χ3v) is 3.77. The first-order chi connectivity index (χ1) is 8.95. The van der Waals surface area contributed by atoms with E-state index >= 15 is 0 Å². The third kappa shape index (κ3) is 2.55. The first-order valence-electron chi connectivity index (χ1n) is 6.77. The number of carbonyl (C=O) groups is 1. The molecule has 0 saturated heterocycles. The lowest BCUT2D eigenvalue weighted by molar-refractivity contribution is 0.101. The highest BCUT2D eigenvalue weighted by Crippen LogP contribution is 2.32. The van der Waals surface area contributed by atoms with Crippen molar-refractivity contribution in [2.45, 2.75) is 40.7 Å². The van der Waals surface area contributed by atoms with Crippen LogP contribution in [0.2, 0.25) is 5.15 Å². The van der Waals surface area contributed by atoms with E-state index in [0.29, 0.717) is 16.6 Å². The van der Waals surface area contributed by atoms with Gasteiger partial charge in [-0.05, 0) is 37.0 Å². The van der Waals surface area contributed by atoms with Crippen LogP contribution in [0.1, 0.15) is 43.6 Å². The standard InChI is InChI=1S/C16H20ClNO/c1-5-12-6-7-14-13(8-12)15(11(4)19)16(17)18(14)9-10(2)3/h6-8,10H,5,9H2,1-4H3. The monoisotopic (exact) mass is 277 g/mol. The van der Waals surface area contributed by atoms with Crippen LogP contribution in [0.5, 0.6) is 0 Å². The molecule has 0 radical (unpaired) electrons. The van der Waals surface area contributed by atoms with Crippen molar-refractivity contribution >= 4 is 28.3 Å². The van der Waals surface area contributed by atoms with Gasteiger partial charge < -0.3 is 4.57 Å². The number of aryl methyl sites for hydroxylation is 1. The van der Waals surface area contributed by atoms with Gasteiger partial charge in [-0.1, -0.05) is 38.4 Å². The van der Waals surface area contributed by atoms with Gasteiger partial charge in [0.05, 0.1) is 5.56 Å². The number of hydrogen-bond donors (Lipinski definition) is 0. The number of rotatable bonds is 4. The first kappa shape index (κ1) is 14.1. The van der Waals surface area contributed by atoms with Crippen molar-refractivity contribution < 1.29 is 4.79 Å². The second-order valence-corrected chi connectivity index (χ2v) is 5.79. The molecule has 2 rings (SSSR count). The number of nitrogens with zero attached hydrogens (tertiary/aromatic N) is 1. The predicted octanol–water partition coefficient (Wildman–Crippen LogP) is 4.72. The van der Waals surface area contributed by atoms with Crippen LogP contribution in [0.3, 0.4) is 0 Å². The van der Waals surface area contributed by atoms with E-state index in [-0.39, 0.29) is 5.78 Å². The SMILES string of the molecule is CCc1ccc2c(c1)c(C(C)=O)c(Cl)n2CC(C)C. The van der Waals surface area contributed by atoms with Gasteiger partial charge in [-0.15, -0.1) is 0 Å². The van der Waals surface area contributed by atoms with Crippen LogP contribution in [0.15, 0.2) is 18.2 Å². The van der Waals surface area contributed by atoms with Crippen LogP contribution >= 0.6 is 11.6 Å². The minimum absolute atomic E-state index is 0.0331. The number of benzene rings is 1. The Labute approximate surface area is 119 Å². The number of hydrogen-bond acceptors (Lipinski definition) is 1. The first-order valence-corrected chi connectivity index (χ1v) is 7.15. The fourth-order valence-corrected chi connectivity index (χ4v) is 2.86. The molecule has 3 heteroatoms. The molecule has 19 heavy (non-hydrogen) atoms. The highest BCUT2D eigenvalue weighted by atomic mass is 35.5. The number of aromatic nitrogens is 1. The summed E-state index contributed by atoms with van der Waals surface area (Å²) in [6.45, 7) is 8.82. The van der Waals surface area contributed by atoms with E-state index < -0.39 is 0 Å². The minimum atomic E-state index is 0.0331. The van der Waals surface area contributed by atoms with Gasteiger partial charge in [0.1, 0.15) is 5.15 Å². The summed E-state index contributed by atoms with van der Waals surface area (Å²) in [5, 5.41) is 1.56. The van der Waals surface area contributed by atoms with Crippen molar-refractivity contribution in [3.05, 3.63) is 34.5 Å². The van der Waals surface area contributed by atoms with Crippen LogP contribution in [-0.4, -0.2) is 10.4 Å². The van der Waals surface area contributed by atoms with Crippen molar-refractivity contribution in [3.8, 4) is 0 Å². The Kier molecular flexibility index (Phi) is 4.00. The molecule has 0 unspecified atom stereocenters. The van der Waals surface area contributed by atoms with Crippen molar-refractivity contribution in [3.63, 3.8) is 0 Å². The summed E-state index contributed by atoms with van der Waals surface area (Å²) in [5.74, 6) is 0.518. The normalized spacial score (nSPS) is 11.5. The Bertz CT molecular complexity index is 625. The van der Waals surface area contributed by atoms with Crippen LogP contribution in [-0.2, 0) is 13.0 Å². The summed E-state index contributed by atoms with van der Waals surface area (Å²) in [4.78, 5) is 11.9. The molecule has 0 N–H and O–H groups in total. The zero-order valence-corrected chi connectivity index (χ0v) is 12.7. The van der Waals surface area contributed by atoms with E-state index in [2.05, 4.69) is 43.5 Å². The highest BCUT2D eigenvalue weighted by Gasteiger charge is 2.19. The molecule has 0 fully saturated rings. The Morgan fingerprint density at radius 2 is 2.05 bits per heavy atom. The van der Waals surface area contributed by atoms with E-state index in [1.165, 1.54) is 5.56 Å². The Morgan fingerprint density at radius 1 is 1.37 bits per heavy atom. The Hall–Kier alpha value is -1.28. The van der Waals surface area contributed by atoms with Gasteiger partial charge >= 0.3 is 0 Å². The van der Waals surface area contributed by atoms with Crippen molar-refractivity contribution in [2.24, 2.45) is 5.92 Å². The second kappa shape index (κ2) is 5.38. The Balaban J connectivity index is 2.76. The predicted molar refractivity (Wildman–Crippen MR) is 81.2 cm³/mol. The summed E-state index contributed by atoms with van der Waals surface area (Å²) in [6, 6.07) is 6.28. The maximum atomic E-state index is 11.9. The summed E-state index contributed by atoms with van der Waals surface area (Å²) in [6.07, 6.45) is 0.959. The smallest absolute Gasteiger partial charge is 0.163 e. The molecule has 1 heterocycles. The summed E-state index contributed by atoms with van der Waals surface area (Å²) >= 11 is 6.43. The van der Waals surface area contributed by atoms with Crippen LogP contribution in [0, 0.1) is 5.92 Å². The summed E-state index contributed by atoms with van der Waals surface area (Å²) in [5.41, 5.74) is 2.95. The number of halogens is 1. The largest absolute Gasteiger partial charge is 0.331 e. The molecule has 0 saturated carbocycles. The van der Waals surface area contributed by atoms with E-state index in [1.54, 1.807) is 6.92 Å². The maximum Gasteiger partial charge on any atom is 0.163 e. The molecule has 0 aliphatic rings. The highest BCUT2D eigenvalue weighted by molar-refractivity contribution is 6.35. The number of ketones is 1. The lowest BCUT2D eigenvalue weighted by Crippen LogP contribution is -2.04. The Morgan fingerprint density at radius 3 is 2.58 bits per heavy atom. The van der Waals surface area contributed by atoms with Crippen LogP contribution in [0.25, 0.3) is 10.9 Å². The van der Waals surface area contributed by atoms with Crippen LogP contribution < -0.4 is 0 Å². The minimum Gasteiger partial charge on any atom is -0.331 e. The molecular weight excluding hydrogens is 258 g/mol. The maximum absolute atomic E-state index is 11.9. The molecule has 0 amide bonds. The topological polar surface area (TPSA) is 22.0 Å². The number of fused-ring (bicyclic) bond motifs is 1. The van der Waals surface area contributed by atoms with Crippen molar-refractivity contribution in [1.29, 1.82) is 0 Å². The molecular formula is C16H20ClNO. The van der Waals surface area contributed by atoms with Crippen LogP contribution in [0.4, 0.5) is 0 Å². The average molecular weight is 278 g/mol. The molecule has 1 aromatic heterocycles. The molecule has 2 nitrogen and oxygen atoms in total. The van der Waals surface area contributed by atoms with Gasteiger partial charge in [-0.25, -0.2) is 0 Å². The van der Waals surface area contributed by atoms with E-state index in [9.17, 15) is 4.79 Å².